The highest BCUT2D eigenvalue weighted by molar-refractivity contribution is 9.11. The molecule has 0 aliphatic rings. The van der Waals surface area contributed by atoms with E-state index in [2.05, 4.69) is 15.9 Å². The predicted molar refractivity (Wildman–Crippen MR) is 103 cm³/mol. The van der Waals surface area contributed by atoms with Gasteiger partial charge in [0.2, 0.25) is 0 Å². The Balaban J connectivity index is 2.15. The molecule has 25 heavy (non-hydrogen) atoms. The molecule has 0 radical (unpaired) electrons. The van der Waals surface area contributed by atoms with E-state index in [1.54, 1.807) is 11.9 Å². The first-order valence-electron chi connectivity index (χ1n) is 6.79. The Morgan fingerprint density at radius 1 is 1.16 bits per heavy atom. The van der Waals surface area contributed by atoms with Crippen molar-refractivity contribution in [2.45, 2.75) is 4.16 Å². The molecule has 4 nitrogen and oxygen atoms in total. The van der Waals surface area contributed by atoms with Crippen LogP contribution in [0.3, 0.4) is 0 Å². The van der Waals surface area contributed by atoms with Crippen LogP contribution in [0.5, 0.6) is 5.75 Å². The summed E-state index contributed by atoms with van der Waals surface area (Å²) in [6.07, 6.45) is 0. The molecule has 2 rings (SSSR count). The lowest BCUT2D eigenvalue weighted by molar-refractivity contribution is 0.483. The zero-order valence-corrected chi connectivity index (χ0v) is 17.4. The Morgan fingerprint density at radius 2 is 1.68 bits per heavy atom. The van der Waals surface area contributed by atoms with Gasteiger partial charge in [-0.05, 0) is 36.4 Å². The summed E-state index contributed by atoms with van der Waals surface area (Å²) in [4.78, 5) is 1.63. The van der Waals surface area contributed by atoms with E-state index in [1.807, 2.05) is 0 Å². The van der Waals surface area contributed by atoms with E-state index in [4.69, 9.17) is 39.0 Å². The van der Waals surface area contributed by atoms with E-state index in [9.17, 15) is 12.8 Å². The number of rotatable bonds is 6. The normalized spacial score (nSPS) is 12.7. The van der Waals surface area contributed by atoms with Crippen LogP contribution >= 0.6 is 50.7 Å². The number of hydrogen-bond acceptors (Lipinski definition) is 4. The van der Waals surface area contributed by atoms with Gasteiger partial charge < -0.3 is 9.08 Å². The average Bonchev–Trinajstić information content (AvgIpc) is 2.51. The van der Waals surface area contributed by atoms with Gasteiger partial charge in [-0.1, -0.05) is 50.7 Å². The standard InChI is InChI=1S/C15H12BrCl3FNO3S/c1-21(11-4-2-10(20)3-5-11)8-14(16)25(22,23)24-15-12(18)6-9(17)7-13(15)19/h2-7,14H,8H2,1H3. The topological polar surface area (TPSA) is 46.6 Å². The number of alkyl halides is 1. The van der Waals surface area contributed by atoms with E-state index < -0.39 is 14.3 Å². The maximum absolute atomic E-state index is 13.0. The summed E-state index contributed by atoms with van der Waals surface area (Å²) in [5, 5.41) is 0.214. The fourth-order valence-electron chi connectivity index (χ4n) is 1.88. The lowest BCUT2D eigenvalue weighted by Gasteiger charge is -2.22. The molecule has 0 saturated heterocycles. The Labute approximate surface area is 168 Å². The van der Waals surface area contributed by atoms with Gasteiger partial charge in [0.25, 0.3) is 0 Å². The van der Waals surface area contributed by atoms with Crippen molar-refractivity contribution >= 4 is 66.5 Å². The summed E-state index contributed by atoms with van der Waals surface area (Å²) >= 11 is 20.8. The van der Waals surface area contributed by atoms with Gasteiger partial charge in [0.05, 0.1) is 10.0 Å². The van der Waals surface area contributed by atoms with E-state index in [0.29, 0.717) is 5.69 Å². The van der Waals surface area contributed by atoms with Crippen LogP contribution in [-0.2, 0) is 10.1 Å². The zero-order valence-electron chi connectivity index (χ0n) is 12.7. The highest BCUT2D eigenvalue weighted by Crippen LogP contribution is 2.37. The SMILES string of the molecule is CN(CC(Br)S(=O)(=O)Oc1c(Cl)cc(Cl)cc1Cl)c1ccc(F)cc1. The molecule has 0 aromatic heterocycles. The molecule has 0 N–H and O–H groups in total. The fourth-order valence-corrected chi connectivity index (χ4v) is 4.46. The van der Waals surface area contributed by atoms with E-state index >= 15 is 0 Å². The molecular weight excluding hydrogens is 479 g/mol. The van der Waals surface area contributed by atoms with Crippen LogP contribution in [0.25, 0.3) is 0 Å². The number of benzene rings is 2. The molecule has 136 valence electrons. The Morgan fingerprint density at radius 3 is 2.20 bits per heavy atom. The first kappa shape index (κ1) is 20.6. The molecule has 1 atom stereocenters. The second kappa shape index (κ2) is 8.31. The van der Waals surface area contributed by atoms with Gasteiger partial charge >= 0.3 is 10.1 Å². The number of halogens is 5. The summed E-state index contributed by atoms with van der Waals surface area (Å²) in [6, 6.07) is 8.30. The Bertz CT molecular complexity index is 842. The van der Waals surface area contributed by atoms with Crippen molar-refractivity contribution in [1.82, 2.24) is 0 Å². The van der Waals surface area contributed by atoms with Gasteiger partial charge in [-0.2, -0.15) is 8.42 Å². The van der Waals surface area contributed by atoms with Gasteiger partial charge in [-0.15, -0.1) is 0 Å². The molecule has 0 bridgehead atoms. The molecule has 2 aromatic rings. The average molecular weight is 492 g/mol. The molecular formula is C15H12BrCl3FNO3S. The lowest BCUT2D eigenvalue weighted by atomic mass is 10.3. The first-order chi connectivity index (χ1) is 11.6. The summed E-state index contributed by atoms with van der Waals surface area (Å²) < 4.78 is 41.7. The van der Waals surface area contributed by atoms with Crippen molar-refractivity contribution in [2.24, 2.45) is 0 Å². The van der Waals surface area contributed by atoms with Crippen molar-refractivity contribution in [3.63, 3.8) is 0 Å². The van der Waals surface area contributed by atoms with Crippen LogP contribution in [0, 0.1) is 5.82 Å². The molecule has 0 aliphatic carbocycles. The van der Waals surface area contributed by atoms with Crippen molar-refractivity contribution in [1.29, 1.82) is 0 Å². The molecule has 0 fully saturated rings. The minimum absolute atomic E-state index is 0.0207. The summed E-state index contributed by atoms with van der Waals surface area (Å²) in [6.45, 7) is 0.0385. The van der Waals surface area contributed by atoms with Crippen molar-refractivity contribution < 1.29 is 17.0 Å². The van der Waals surface area contributed by atoms with Crippen LogP contribution in [-0.4, -0.2) is 26.2 Å². The van der Waals surface area contributed by atoms with Crippen LogP contribution in [0.2, 0.25) is 15.1 Å². The van der Waals surface area contributed by atoms with E-state index in [-0.39, 0.29) is 33.2 Å². The quantitative estimate of drug-likeness (QED) is 0.404. The molecule has 0 saturated carbocycles. The first-order valence-corrected chi connectivity index (χ1v) is 10.3. The van der Waals surface area contributed by atoms with Crippen LogP contribution in [0.4, 0.5) is 10.1 Å². The maximum Gasteiger partial charge on any atom is 0.324 e. The lowest BCUT2D eigenvalue weighted by Crippen LogP contribution is -2.33. The number of hydrogen-bond donors (Lipinski definition) is 0. The summed E-state index contributed by atoms with van der Waals surface area (Å²) in [7, 11) is -2.43. The molecule has 0 heterocycles. The van der Waals surface area contributed by atoms with Crippen molar-refractivity contribution in [3.05, 3.63) is 57.3 Å². The largest absolute Gasteiger partial charge is 0.378 e. The number of anilines is 1. The molecule has 0 amide bonds. The highest BCUT2D eigenvalue weighted by atomic mass is 79.9. The summed E-state index contributed by atoms with van der Waals surface area (Å²) in [5.74, 6) is -0.572. The second-order valence-corrected chi connectivity index (χ2v) is 9.73. The minimum atomic E-state index is -4.09. The maximum atomic E-state index is 13.0. The predicted octanol–water partition coefficient (Wildman–Crippen LogP) is 5.35. The third kappa shape index (κ3) is 5.37. The van der Waals surface area contributed by atoms with Crippen LogP contribution in [0.1, 0.15) is 0 Å². The third-order valence-electron chi connectivity index (χ3n) is 3.16. The Kier molecular flexibility index (Phi) is 6.84. The van der Waals surface area contributed by atoms with Gasteiger partial charge in [0.15, 0.2) is 9.91 Å². The van der Waals surface area contributed by atoms with Crippen LogP contribution in [0.15, 0.2) is 36.4 Å². The van der Waals surface area contributed by atoms with Gasteiger partial charge in [-0.3, -0.25) is 0 Å². The number of nitrogens with zero attached hydrogens (tertiary/aromatic N) is 1. The van der Waals surface area contributed by atoms with Crippen molar-refractivity contribution in [3.8, 4) is 5.75 Å². The minimum Gasteiger partial charge on any atom is -0.378 e. The molecule has 2 aromatic carbocycles. The second-order valence-electron chi connectivity index (χ2n) is 5.04. The monoisotopic (exact) mass is 489 g/mol. The van der Waals surface area contributed by atoms with Crippen molar-refractivity contribution in [2.75, 3.05) is 18.5 Å². The fraction of sp³-hybridized carbons (Fsp3) is 0.200. The van der Waals surface area contributed by atoms with E-state index in [1.165, 1.54) is 36.4 Å². The molecule has 0 spiro atoms. The van der Waals surface area contributed by atoms with E-state index in [0.717, 1.165) is 0 Å². The van der Waals surface area contributed by atoms with Gasteiger partial charge in [-0.25, -0.2) is 4.39 Å². The smallest absolute Gasteiger partial charge is 0.324 e. The third-order valence-corrected chi connectivity index (χ3v) is 6.78. The summed E-state index contributed by atoms with van der Waals surface area (Å²) in [5.41, 5.74) is 0.642. The highest BCUT2D eigenvalue weighted by Gasteiger charge is 2.28. The molecule has 10 heteroatoms. The Hall–Kier alpha value is -0.730. The van der Waals surface area contributed by atoms with Crippen LogP contribution < -0.4 is 9.08 Å². The van der Waals surface area contributed by atoms with Gasteiger partial charge in [0, 0.05) is 24.3 Å². The molecule has 0 aliphatic heterocycles. The molecule has 1 unspecified atom stereocenters. The van der Waals surface area contributed by atoms with Gasteiger partial charge in [0.1, 0.15) is 5.82 Å². The zero-order chi connectivity index (χ0) is 18.8.